The normalized spacial score (nSPS) is 24.1. The minimum Gasteiger partial charge on any atom is -0.393 e. The third-order valence-electron chi connectivity index (χ3n) is 6.33. The van der Waals surface area contributed by atoms with E-state index < -0.39 is 31.2 Å². The monoisotopic (exact) mass is 536 g/mol. The molecule has 14 heteroatoms. The molecule has 37 heavy (non-hydrogen) atoms. The van der Waals surface area contributed by atoms with Crippen molar-refractivity contribution in [1.29, 1.82) is 0 Å². The summed E-state index contributed by atoms with van der Waals surface area (Å²) in [5.74, 6) is -0.252. The van der Waals surface area contributed by atoms with Gasteiger partial charge in [0.05, 0.1) is 19.1 Å². The Morgan fingerprint density at radius 2 is 2.03 bits per heavy atom. The molecule has 0 aromatic carbocycles. The molecule has 0 radical (unpaired) electrons. The maximum absolute atomic E-state index is 13.0. The number of aliphatic hydroxyl groups is 1. The number of alkyl halides is 5. The zero-order chi connectivity index (χ0) is 27.0. The number of nitrogens with one attached hydrogen (secondary N) is 2. The summed E-state index contributed by atoms with van der Waals surface area (Å²) in [6, 6.07) is -0.881. The van der Waals surface area contributed by atoms with Gasteiger partial charge in [-0.3, -0.25) is 4.79 Å². The molecule has 1 aromatic rings. The molecule has 3 rings (SSSR count). The lowest BCUT2D eigenvalue weighted by Crippen LogP contribution is -2.37. The Kier molecular flexibility index (Phi) is 10.5. The predicted molar refractivity (Wildman–Crippen MR) is 126 cm³/mol. The summed E-state index contributed by atoms with van der Waals surface area (Å²) in [4.78, 5) is 27.5. The number of aliphatic hydroxyl groups excluding tert-OH is 1. The Balaban J connectivity index is 1.68. The standard InChI is InChI=1S/C23H33F5N6O3/c1-14(13-37-21(24)25)31-22-30-11-18(19(33-22)29-10-15-2-4-17(35)5-3-15)20(36)32-16-6-8-34(12-16)9-7-23(26,27)28/h10-11,14-17,21,35H,2-9,12-13H2,1H3,(H,32,36)(H,30,31,33)/t14-,15?,16-,17?/m0/s1. The summed E-state index contributed by atoms with van der Waals surface area (Å²) >= 11 is 0. The quantitative estimate of drug-likeness (QED) is 0.293. The highest BCUT2D eigenvalue weighted by Crippen LogP contribution is 2.25. The molecule has 0 bridgehead atoms. The van der Waals surface area contributed by atoms with Gasteiger partial charge in [-0.25, -0.2) is 9.98 Å². The first-order valence-corrected chi connectivity index (χ1v) is 12.3. The van der Waals surface area contributed by atoms with E-state index in [9.17, 15) is 31.9 Å². The minimum atomic E-state index is -4.24. The van der Waals surface area contributed by atoms with Crippen LogP contribution in [0.15, 0.2) is 11.2 Å². The summed E-state index contributed by atoms with van der Waals surface area (Å²) in [5.41, 5.74) is 0.0860. The zero-order valence-electron chi connectivity index (χ0n) is 20.6. The number of hydrogen-bond donors (Lipinski definition) is 3. The van der Waals surface area contributed by atoms with E-state index in [2.05, 4.69) is 30.3 Å². The molecule has 208 valence electrons. The van der Waals surface area contributed by atoms with Gasteiger partial charge >= 0.3 is 12.8 Å². The predicted octanol–water partition coefficient (Wildman–Crippen LogP) is 3.53. The number of aromatic nitrogens is 2. The molecule has 2 fully saturated rings. The Labute approximate surface area is 211 Å². The molecule has 9 nitrogen and oxygen atoms in total. The van der Waals surface area contributed by atoms with Crippen LogP contribution in [0.1, 0.15) is 55.8 Å². The molecule has 1 aromatic heterocycles. The molecule has 1 aliphatic carbocycles. The van der Waals surface area contributed by atoms with Crippen molar-refractivity contribution in [3.63, 3.8) is 0 Å². The first-order chi connectivity index (χ1) is 17.5. The lowest BCUT2D eigenvalue weighted by molar-refractivity contribution is -0.137. The highest BCUT2D eigenvalue weighted by atomic mass is 19.4. The van der Waals surface area contributed by atoms with Crippen LogP contribution in [-0.4, -0.2) is 89.3 Å². The van der Waals surface area contributed by atoms with E-state index >= 15 is 0 Å². The van der Waals surface area contributed by atoms with Crippen molar-refractivity contribution in [1.82, 2.24) is 20.2 Å². The highest BCUT2D eigenvalue weighted by molar-refractivity contribution is 5.98. The Bertz CT molecular complexity index is 911. The number of carbonyl (C=O) groups excluding carboxylic acids is 1. The lowest BCUT2D eigenvalue weighted by atomic mass is 9.88. The highest BCUT2D eigenvalue weighted by Gasteiger charge is 2.31. The second kappa shape index (κ2) is 13.4. The number of ether oxygens (including phenoxy) is 1. The maximum Gasteiger partial charge on any atom is 0.390 e. The van der Waals surface area contributed by atoms with E-state index in [1.54, 1.807) is 18.0 Å². The van der Waals surface area contributed by atoms with Crippen molar-refractivity contribution >= 4 is 23.9 Å². The number of nitrogens with zero attached hydrogens (tertiary/aromatic N) is 4. The number of likely N-dealkylation sites (tertiary alicyclic amines) is 1. The summed E-state index contributed by atoms with van der Waals surface area (Å²) < 4.78 is 66.5. The third kappa shape index (κ3) is 10.1. The average Bonchev–Trinajstić information content (AvgIpc) is 3.28. The number of amides is 1. The van der Waals surface area contributed by atoms with Crippen molar-refractivity contribution < 1.29 is 36.6 Å². The van der Waals surface area contributed by atoms with Gasteiger partial charge in [-0.1, -0.05) is 0 Å². The van der Waals surface area contributed by atoms with Crippen LogP contribution in [0.4, 0.5) is 33.7 Å². The van der Waals surface area contributed by atoms with E-state index in [1.165, 1.54) is 6.20 Å². The van der Waals surface area contributed by atoms with Gasteiger partial charge in [0.25, 0.3) is 5.91 Å². The summed E-state index contributed by atoms with van der Waals surface area (Å²) in [6.07, 6.45) is 0.763. The van der Waals surface area contributed by atoms with Crippen molar-refractivity contribution in [2.75, 3.05) is 31.6 Å². The fourth-order valence-corrected chi connectivity index (χ4v) is 4.31. The second-order valence-corrected chi connectivity index (χ2v) is 9.54. The number of aliphatic imine (C=N–C) groups is 1. The molecule has 0 unspecified atom stereocenters. The first-order valence-electron chi connectivity index (χ1n) is 12.3. The molecule has 1 aliphatic heterocycles. The van der Waals surface area contributed by atoms with Gasteiger partial charge in [-0.15, -0.1) is 0 Å². The molecule has 1 saturated carbocycles. The Morgan fingerprint density at radius 3 is 2.70 bits per heavy atom. The third-order valence-corrected chi connectivity index (χ3v) is 6.33. The molecule has 2 heterocycles. The number of hydrogen-bond acceptors (Lipinski definition) is 8. The topological polar surface area (TPSA) is 112 Å². The Hall–Kier alpha value is -2.45. The van der Waals surface area contributed by atoms with Gasteiger partial charge in [0.2, 0.25) is 5.95 Å². The van der Waals surface area contributed by atoms with Gasteiger partial charge in [-0.05, 0) is 44.9 Å². The molecule has 3 N–H and O–H groups in total. The van der Waals surface area contributed by atoms with Gasteiger partial charge < -0.3 is 25.4 Å². The van der Waals surface area contributed by atoms with Gasteiger partial charge in [-0.2, -0.15) is 26.9 Å². The lowest BCUT2D eigenvalue weighted by Gasteiger charge is -2.22. The van der Waals surface area contributed by atoms with Crippen LogP contribution in [-0.2, 0) is 4.74 Å². The van der Waals surface area contributed by atoms with Crippen LogP contribution < -0.4 is 10.6 Å². The fourth-order valence-electron chi connectivity index (χ4n) is 4.31. The fraction of sp³-hybridized carbons (Fsp3) is 0.739. The van der Waals surface area contributed by atoms with Crippen LogP contribution in [0.5, 0.6) is 0 Å². The molecule has 2 aliphatic rings. The van der Waals surface area contributed by atoms with Crippen molar-refractivity contribution in [2.24, 2.45) is 10.9 Å². The minimum absolute atomic E-state index is 0.0762. The van der Waals surface area contributed by atoms with E-state index in [4.69, 9.17) is 0 Å². The van der Waals surface area contributed by atoms with Crippen molar-refractivity contribution in [3.8, 4) is 0 Å². The second-order valence-electron chi connectivity index (χ2n) is 9.54. The molecular formula is C23H33F5N6O3. The van der Waals surface area contributed by atoms with Crippen molar-refractivity contribution in [2.45, 2.75) is 76.4 Å². The zero-order valence-corrected chi connectivity index (χ0v) is 20.6. The van der Waals surface area contributed by atoms with Crippen LogP contribution in [0.2, 0.25) is 0 Å². The van der Waals surface area contributed by atoms with Gasteiger partial charge in [0.15, 0.2) is 5.82 Å². The summed E-state index contributed by atoms with van der Waals surface area (Å²) in [5, 5.41) is 15.4. The molecule has 1 amide bonds. The largest absolute Gasteiger partial charge is 0.393 e. The molecule has 2 atom stereocenters. The van der Waals surface area contributed by atoms with E-state index in [0.717, 1.165) is 12.8 Å². The van der Waals surface area contributed by atoms with Crippen LogP contribution in [0.3, 0.4) is 0 Å². The van der Waals surface area contributed by atoms with Gasteiger partial charge in [0, 0.05) is 44.1 Å². The summed E-state index contributed by atoms with van der Waals surface area (Å²) in [7, 11) is 0. The first kappa shape index (κ1) is 29.1. The SMILES string of the molecule is C[C@@H](COC(F)F)Nc1ncc(C(=O)N[C@H]2CCN(CCC(F)(F)F)C2)c(N=CC2CCC(O)CC2)n1. The van der Waals surface area contributed by atoms with Gasteiger partial charge in [0.1, 0.15) is 5.56 Å². The Morgan fingerprint density at radius 1 is 1.30 bits per heavy atom. The van der Waals surface area contributed by atoms with E-state index in [-0.39, 0.29) is 48.5 Å². The van der Waals surface area contributed by atoms with E-state index in [0.29, 0.717) is 32.4 Å². The smallest absolute Gasteiger partial charge is 0.390 e. The number of halogens is 5. The average molecular weight is 537 g/mol. The van der Waals surface area contributed by atoms with Crippen LogP contribution in [0.25, 0.3) is 0 Å². The van der Waals surface area contributed by atoms with E-state index in [1.807, 2.05) is 0 Å². The molecule has 1 saturated heterocycles. The number of rotatable bonds is 11. The number of anilines is 1. The van der Waals surface area contributed by atoms with Crippen molar-refractivity contribution in [3.05, 3.63) is 11.8 Å². The number of carbonyl (C=O) groups is 1. The molecular weight excluding hydrogens is 503 g/mol. The maximum atomic E-state index is 13.0. The summed E-state index contributed by atoms with van der Waals surface area (Å²) in [6.45, 7) is -0.986. The molecule has 0 spiro atoms. The van der Waals surface area contributed by atoms with Crippen LogP contribution in [0, 0.1) is 5.92 Å². The van der Waals surface area contributed by atoms with Crippen LogP contribution >= 0.6 is 0 Å².